The zero-order valence-corrected chi connectivity index (χ0v) is 20.4. The molecule has 0 radical (unpaired) electrons. The van der Waals surface area contributed by atoms with Crippen LogP contribution in [0.2, 0.25) is 0 Å². The number of alkyl carbamates (subject to hydrolysis) is 1. The molecule has 0 aromatic carbocycles. The van der Waals surface area contributed by atoms with Crippen molar-refractivity contribution >= 4 is 17.9 Å². The molecule has 1 saturated heterocycles. The summed E-state index contributed by atoms with van der Waals surface area (Å²) in [6, 6.07) is -1.12. The summed E-state index contributed by atoms with van der Waals surface area (Å²) in [6.07, 6.45) is 3.05. The molecular weight excluding hydrogens is 429 g/mol. The van der Waals surface area contributed by atoms with E-state index in [1.807, 2.05) is 0 Å². The van der Waals surface area contributed by atoms with Gasteiger partial charge in [-0.1, -0.05) is 13.8 Å². The summed E-state index contributed by atoms with van der Waals surface area (Å²) < 4.78 is 21.3. The zero-order chi connectivity index (χ0) is 24.6. The number of likely N-dealkylation sites (tertiary alicyclic amines) is 1. The lowest BCUT2D eigenvalue weighted by atomic mass is 9.46. The molecule has 0 spiro atoms. The van der Waals surface area contributed by atoms with Gasteiger partial charge in [0.25, 0.3) is 11.7 Å². The Labute approximate surface area is 194 Å². The number of carbonyl (C=O) groups is 3. The van der Waals surface area contributed by atoms with E-state index in [9.17, 15) is 19.5 Å². The Balaban J connectivity index is 1.71. The van der Waals surface area contributed by atoms with Crippen LogP contribution in [0.15, 0.2) is 0 Å². The monoisotopic (exact) mass is 467 g/mol. The molecule has 4 N–H and O–H groups in total. The van der Waals surface area contributed by atoms with Crippen molar-refractivity contribution in [2.24, 2.45) is 28.4 Å². The van der Waals surface area contributed by atoms with E-state index in [1.54, 1.807) is 34.6 Å². The number of nitrogens with one attached hydrogen (secondary N) is 1. The van der Waals surface area contributed by atoms with Gasteiger partial charge in [0, 0.05) is 18.4 Å². The average Bonchev–Trinajstić information content (AvgIpc) is 2.86. The van der Waals surface area contributed by atoms with Gasteiger partial charge in [-0.25, -0.2) is 9.18 Å². The molecule has 0 aromatic rings. The van der Waals surface area contributed by atoms with Crippen LogP contribution >= 0.6 is 0 Å². The van der Waals surface area contributed by atoms with Crippen molar-refractivity contribution < 1.29 is 28.6 Å². The summed E-state index contributed by atoms with van der Waals surface area (Å²) in [7, 11) is 0. The highest BCUT2D eigenvalue weighted by molar-refractivity contribution is 5.93. The molecule has 8 nitrogen and oxygen atoms in total. The summed E-state index contributed by atoms with van der Waals surface area (Å²) in [6.45, 7) is 8.73. The maximum absolute atomic E-state index is 15.9. The first kappa shape index (κ1) is 24.2. The van der Waals surface area contributed by atoms with Gasteiger partial charge in [-0.2, -0.15) is 0 Å². The van der Waals surface area contributed by atoms with Gasteiger partial charge >= 0.3 is 6.09 Å². The van der Waals surface area contributed by atoms with E-state index in [0.717, 1.165) is 11.3 Å². The summed E-state index contributed by atoms with van der Waals surface area (Å²) in [4.78, 5) is 39.9. The van der Waals surface area contributed by atoms with Crippen LogP contribution in [0.3, 0.4) is 0 Å². The van der Waals surface area contributed by atoms with Crippen molar-refractivity contribution in [2.75, 3.05) is 6.54 Å². The number of nitrogens with two attached hydrogens (primary N) is 1. The summed E-state index contributed by atoms with van der Waals surface area (Å²) >= 11 is 0. The van der Waals surface area contributed by atoms with Crippen LogP contribution in [0.25, 0.3) is 0 Å². The smallest absolute Gasteiger partial charge is 0.408 e. The topological polar surface area (TPSA) is 122 Å². The lowest BCUT2D eigenvalue weighted by molar-refractivity contribution is -0.184. The van der Waals surface area contributed by atoms with Gasteiger partial charge in [0.05, 0.1) is 5.60 Å². The van der Waals surface area contributed by atoms with E-state index in [0.29, 0.717) is 32.1 Å². The molecule has 4 aliphatic carbocycles. The van der Waals surface area contributed by atoms with Crippen LogP contribution in [0, 0.1) is 22.7 Å². The third-order valence-corrected chi connectivity index (χ3v) is 7.97. The highest BCUT2D eigenvalue weighted by Crippen LogP contribution is 2.63. The van der Waals surface area contributed by atoms with E-state index < -0.39 is 51.8 Å². The largest absolute Gasteiger partial charge is 0.444 e. The van der Waals surface area contributed by atoms with Crippen LogP contribution in [0.5, 0.6) is 0 Å². The Kier molecular flexibility index (Phi) is 5.36. The van der Waals surface area contributed by atoms with Gasteiger partial charge in [0.1, 0.15) is 11.6 Å². The predicted octanol–water partition coefficient (Wildman–Crippen LogP) is 2.62. The Bertz CT molecular complexity index is 855. The Morgan fingerprint density at radius 2 is 1.70 bits per heavy atom. The highest BCUT2D eigenvalue weighted by Gasteiger charge is 2.64. The quantitative estimate of drug-likeness (QED) is 0.549. The third kappa shape index (κ3) is 4.33. The van der Waals surface area contributed by atoms with Crippen molar-refractivity contribution in [3.05, 3.63) is 0 Å². The molecule has 4 atom stereocenters. The van der Waals surface area contributed by atoms with Crippen LogP contribution < -0.4 is 11.1 Å². The van der Waals surface area contributed by atoms with Gasteiger partial charge in [-0.05, 0) is 76.5 Å². The second-order valence-corrected chi connectivity index (χ2v) is 13.0. The molecule has 4 saturated carbocycles. The molecule has 186 valence electrons. The lowest BCUT2D eigenvalue weighted by Crippen LogP contribution is -2.68. The number of primary amides is 1. The number of carbonyl (C=O) groups excluding carboxylic acids is 3. The summed E-state index contributed by atoms with van der Waals surface area (Å²) in [5.41, 5.74) is 2.37. The lowest BCUT2D eigenvalue weighted by Gasteiger charge is -2.62. The fourth-order valence-corrected chi connectivity index (χ4v) is 7.49. The number of hydrogen-bond donors (Lipinski definition) is 3. The predicted molar refractivity (Wildman–Crippen MR) is 118 cm³/mol. The number of amides is 3. The van der Waals surface area contributed by atoms with Crippen LogP contribution in [-0.2, 0) is 14.3 Å². The normalized spacial score (nSPS) is 39.9. The number of hydrogen-bond acceptors (Lipinski definition) is 5. The van der Waals surface area contributed by atoms with Crippen LogP contribution in [-0.4, -0.2) is 57.5 Å². The van der Waals surface area contributed by atoms with E-state index in [-0.39, 0.29) is 24.8 Å². The van der Waals surface area contributed by atoms with Gasteiger partial charge < -0.3 is 20.9 Å². The number of rotatable bonds is 4. The molecule has 5 rings (SSSR count). The van der Waals surface area contributed by atoms with Crippen LogP contribution in [0.4, 0.5) is 9.18 Å². The van der Waals surface area contributed by atoms with Crippen molar-refractivity contribution in [1.29, 1.82) is 0 Å². The molecule has 1 heterocycles. The minimum atomic E-state index is -2.63. The molecular formula is C24H38FN3O5. The molecule has 33 heavy (non-hydrogen) atoms. The SMILES string of the molecule is CC1(C)CN(C(=O)[C@@H](NC(=O)OC(C)(C)C)C23CC4CC(CC(O)(C4)C2)C3)[C@@](F)(C(N)=O)C1. The Hall–Kier alpha value is -1.90. The van der Waals surface area contributed by atoms with Gasteiger partial charge in [-0.15, -0.1) is 0 Å². The molecule has 4 bridgehead atoms. The van der Waals surface area contributed by atoms with Gasteiger partial charge in [-0.3, -0.25) is 14.5 Å². The number of ether oxygens (including phenoxy) is 1. The number of alkyl halides is 1. The zero-order valence-electron chi connectivity index (χ0n) is 20.4. The van der Waals surface area contributed by atoms with E-state index in [1.165, 1.54) is 0 Å². The number of nitrogens with zero attached hydrogens (tertiary/aromatic N) is 1. The highest BCUT2D eigenvalue weighted by atomic mass is 19.1. The van der Waals surface area contributed by atoms with Gasteiger partial charge in [0.15, 0.2) is 0 Å². The van der Waals surface area contributed by atoms with Crippen LogP contribution in [0.1, 0.15) is 79.6 Å². The van der Waals surface area contributed by atoms with E-state index >= 15 is 4.39 Å². The van der Waals surface area contributed by atoms with Gasteiger partial charge in [0.2, 0.25) is 5.91 Å². The first-order valence-corrected chi connectivity index (χ1v) is 12.0. The fraction of sp³-hybridized carbons (Fsp3) is 0.875. The van der Waals surface area contributed by atoms with Crippen molar-refractivity contribution in [3.63, 3.8) is 0 Å². The molecule has 5 fully saturated rings. The molecule has 2 unspecified atom stereocenters. The van der Waals surface area contributed by atoms with Crippen molar-refractivity contribution in [1.82, 2.24) is 10.2 Å². The minimum Gasteiger partial charge on any atom is -0.444 e. The molecule has 3 amide bonds. The van der Waals surface area contributed by atoms with E-state index in [2.05, 4.69) is 5.32 Å². The fourth-order valence-electron chi connectivity index (χ4n) is 7.49. The van der Waals surface area contributed by atoms with Crippen molar-refractivity contribution in [3.8, 4) is 0 Å². The number of aliphatic hydroxyl groups is 1. The Morgan fingerprint density at radius 1 is 1.12 bits per heavy atom. The standard InChI is InChI=1S/C24H38FN3O5/c1-20(2,3)33-19(31)27-16(17(29)28-13-21(4,5)11-24(28,25)18(26)30)22-7-14-6-15(8-22)10-23(32,9-14)12-22/h14-16,32H,6-13H2,1-5H3,(H2,26,30)(H,27,31)/t14?,15?,16-,22?,23?,24-/m1/s1. The molecule has 0 aromatic heterocycles. The third-order valence-electron chi connectivity index (χ3n) is 7.97. The number of halogens is 1. The maximum atomic E-state index is 15.9. The minimum absolute atomic E-state index is 0.00494. The first-order valence-electron chi connectivity index (χ1n) is 12.0. The van der Waals surface area contributed by atoms with Crippen molar-refractivity contribution in [2.45, 2.75) is 103 Å². The second kappa shape index (κ2) is 7.30. The molecule has 1 aliphatic heterocycles. The Morgan fingerprint density at radius 3 is 2.18 bits per heavy atom. The first-order chi connectivity index (χ1) is 15.0. The summed E-state index contributed by atoms with van der Waals surface area (Å²) in [5, 5.41) is 14.0. The second-order valence-electron chi connectivity index (χ2n) is 13.0. The van der Waals surface area contributed by atoms with E-state index in [4.69, 9.17) is 10.5 Å². The average molecular weight is 468 g/mol. The molecule has 5 aliphatic rings. The molecule has 9 heteroatoms. The maximum Gasteiger partial charge on any atom is 0.408 e. The summed E-state index contributed by atoms with van der Waals surface area (Å²) in [5.74, 6) is -4.02.